The summed E-state index contributed by atoms with van der Waals surface area (Å²) in [7, 11) is 0. The molecule has 3 fully saturated rings. The molecule has 4 rings (SSSR count). The maximum Gasteiger partial charge on any atom is 0.249 e. The van der Waals surface area contributed by atoms with Crippen molar-refractivity contribution in [3.8, 4) is 0 Å². The van der Waals surface area contributed by atoms with Crippen molar-refractivity contribution in [1.82, 2.24) is 14.7 Å². The van der Waals surface area contributed by atoms with Crippen molar-refractivity contribution in [2.45, 2.75) is 57.5 Å². The number of piperidine rings is 1. The Labute approximate surface area is 168 Å². The van der Waals surface area contributed by atoms with Crippen molar-refractivity contribution < 1.29 is 9.59 Å². The highest BCUT2D eigenvalue weighted by Crippen LogP contribution is 2.39. The van der Waals surface area contributed by atoms with Crippen LogP contribution < -0.4 is 0 Å². The Morgan fingerprint density at radius 3 is 2.46 bits per heavy atom. The molecule has 28 heavy (non-hydrogen) atoms. The van der Waals surface area contributed by atoms with Gasteiger partial charge in [0.25, 0.3) is 0 Å². The minimum atomic E-state index is -0.606. The summed E-state index contributed by atoms with van der Waals surface area (Å²) in [5.41, 5.74) is 0.749. The number of nitrogens with zero attached hydrogens (tertiary/aromatic N) is 3. The van der Waals surface area contributed by atoms with Gasteiger partial charge in [-0.25, -0.2) is 0 Å². The van der Waals surface area contributed by atoms with Crippen LogP contribution in [0.1, 0.15) is 45.1 Å². The molecule has 3 heterocycles. The third kappa shape index (κ3) is 3.45. The number of carbonyl (C=O) groups excluding carboxylic acids is 2. The fourth-order valence-electron chi connectivity index (χ4n) is 5.23. The number of hydrogen-bond donors (Lipinski definition) is 0. The number of likely N-dealkylation sites (tertiary alicyclic amines) is 1. The second kappa shape index (κ2) is 7.86. The van der Waals surface area contributed by atoms with Gasteiger partial charge >= 0.3 is 0 Å². The highest BCUT2D eigenvalue weighted by Gasteiger charge is 2.57. The van der Waals surface area contributed by atoms with E-state index in [0.29, 0.717) is 12.5 Å². The highest BCUT2D eigenvalue weighted by molar-refractivity contribution is 6.00. The van der Waals surface area contributed by atoms with Crippen LogP contribution in [0.2, 0.25) is 0 Å². The molecular weight excluding hydrogens is 350 g/mol. The Bertz CT molecular complexity index is 710. The van der Waals surface area contributed by atoms with E-state index in [4.69, 9.17) is 0 Å². The molecule has 0 unspecified atom stereocenters. The van der Waals surface area contributed by atoms with Gasteiger partial charge in [0.1, 0.15) is 11.6 Å². The molecule has 3 aliphatic heterocycles. The fourth-order valence-corrected chi connectivity index (χ4v) is 5.23. The van der Waals surface area contributed by atoms with Crippen molar-refractivity contribution in [2.75, 3.05) is 32.7 Å². The Morgan fingerprint density at radius 1 is 1.07 bits per heavy atom. The normalized spacial score (nSPS) is 25.0. The zero-order valence-electron chi connectivity index (χ0n) is 17.3. The smallest absolute Gasteiger partial charge is 0.249 e. The molecular formula is C23H33N3O2. The summed E-state index contributed by atoms with van der Waals surface area (Å²) in [6, 6.07) is 10.4. The number of amides is 2. The maximum absolute atomic E-state index is 13.5. The van der Waals surface area contributed by atoms with Crippen LogP contribution in [0.3, 0.4) is 0 Å². The molecule has 0 saturated carbocycles. The number of hydrogen-bond acceptors (Lipinski definition) is 3. The van der Waals surface area contributed by atoms with Crippen molar-refractivity contribution in [3.63, 3.8) is 0 Å². The van der Waals surface area contributed by atoms with Gasteiger partial charge in [0.2, 0.25) is 11.8 Å². The summed E-state index contributed by atoms with van der Waals surface area (Å²) < 4.78 is 0. The van der Waals surface area contributed by atoms with Gasteiger partial charge in [-0.2, -0.15) is 0 Å². The molecule has 3 aliphatic rings. The van der Waals surface area contributed by atoms with Gasteiger partial charge in [-0.05, 0) is 43.6 Å². The number of carbonyl (C=O) groups is 2. The van der Waals surface area contributed by atoms with E-state index in [-0.39, 0.29) is 17.9 Å². The van der Waals surface area contributed by atoms with E-state index in [9.17, 15) is 9.59 Å². The predicted molar refractivity (Wildman–Crippen MR) is 110 cm³/mol. The predicted octanol–water partition coefficient (Wildman–Crippen LogP) is 2.55. The minimum Gasteiger partial charge on any atom is -0.329 e. The van der Waals surface area contributed by atoms with Crippen LogP contribution in [-0.4, -0.2) is 70.8 Å². The number of piperazine rings is 1. The monoisotopic (exact) mass is 383 g/mol. The van der Waals surface area contributed by atoms with Gasteiger partial charge < -0.3 is 14.7 Å². The Morgan fingerprint density at radius 2 is 1.79 bits per heavy atom. The van der Waals surface area contributed by atoms with Crippen LogP contribution in [-0.2, 0) is 16.0 Å². The lowest BCUT2D eigenvalue weighted by atomic mass is 9.80. The second-order valence-corrected chi connectivity index (χ2v) is 9.11. The molecule has 0 bridgehead atoms. The van der Waals surface area contributed by atoms with Crippen molar-refractivity contribution in [2.24, 2.45) is 5.92 Å². The first-order valence-corrected chi connectivity index (χ1v) is 10.9. The van der Waals surface area contributed by atoms with Gasteiger partial charge in [-0.15, -0.1) is 0 Å². The maximum atomic E-state index is 13.5. The average Bonchev–Trinajstić information content (AvgIpc) is 3.20. The first kappa shape index (κ1) is 19.4. The number of fused-ring (bicyclic) bond motifs is 1. The molecule has 1 aromatic rings. The second-order valence-electron chi connectivity index (χ2n) is 9.11. The van der Waals surface area contributed by atoms with E-state index in [1.54, 1.807) is 0 Å². The van der Waals surface area contributed by atoms with Crippen LogP contribution in [0.25, 0.3) is 0 Å². The van der Waals surface area contributed by atoms with E-state index in [2.05, 4.69) is 49.1 Å². The standard InChI is InChI=1S/C23H33N3O2/c1-18(2)17-26-21(27)20-9-6-13-25(20)22(28)23(26)11-15-24(16-12-23)14-10-19-7-4-3-5-8-19/h3-5,7-8,18,20H,6,9-17H2,1-2H3/t20-/m0/s1. The highest BCUT2D eigenvalue weighted by atomic mass is 16.2. The molecule has 5 nitrogen and oxygen atoms in total. The largest absolute Gasteiger partial charge is 0.329 e. The Kier molecular flexibility index (Phi) is 5.46. The molecule has 1 aromatic carbocycles. The summed E-state index contributed by atoms with van der Waals surface area (Å²) in [4.78, 5) is 33.1. The summed E-state index contributed by atoms with van der Waals surface area (Å²) in [6.45, 7) is 8.52. The van der Waals surface area contributed by atoms with Gasteiger partial charge in [0, 0.05) is 32.7 Å². The van der Waals surface area contributed by atoms with E-state index in [0.717, 1.165) is 58.3 Å². The van der Waals surface area contributed by atoms with E-state index < -0.39 is 5.54 Å². The molecule has 1 atom stereocenters. The average molecular weight is 384 g/mol. The third-order valence-electron chi connectivity index (χ3n) is 6.77. The molecule has 0 aliphatic carbocycles. The summed E-state index contributed by atoms with van der Waals surface area (Å²) in [5, 5.41) is 0. The molecule has 0 radical (unpaired) electrons. The van der Waals surface area contributed by atoms with Crippen LogP contribution in [0.4, 0.5) is 0 Å². The zero-order chi connectivity index (χ0) is 19.7. The lowest BCUT2D eigenvalue weighted by Gasteiger charge is -2.54. The third-order valence-corrected chi connectivity index (χ3v) is 6.77. The van der Waals surface area contributed by atoms with Crippen LogP contribution in [0, 0.1) is 5.92 Å². The van der Waals surface area contributed by atoms with E-state index in [1.807, 2.05) is 9.80 Å². The SMILES string of the molecule is CC(C)CN1C(=O)[C@@H]2CCCN2C(=O)C12CCN(CCc1ccccc1)CC2. The van der Waals surface area contributed by atoms with E-state index in [1.165, 1.54) is 5.56 Å². The van der Waals surface area contributed by atoms with Gasteiger partial charge in [-0.1, -0.05) is 44.2 Å². The molecule has 5 heteroatoms. The Balaban J connectivity index is 1.47. The van der Waals surface area contributed by atoms with E-state index >= 15 is 0 Å². The molecule has 1 spiro atoms. The topological polar surface area (TPSA) is 43.9 Å². The zero-order valence-corrected chi connectivity index (χ0v) is 17.3. The summed E-state index contributed by atoms with van der Waals surface area (Å²) in [6.07, 6.45) is 4.35. The molecule has 2 amide bonds. The summed E-state index contributed by atoms with van der Waals surface area (Å²) >= 11 is 0. The Hall–Kier alpha value is -1.88. The summed E-state index contributed by atoms with van der Waals surface area (Å²) in [5.74, 6) is 0.791. The van der Waals surface area contributed by atoms with Crippen molar-refractivity contribution in [3.05, 3.63) is 35.9 Å². The quantitative estimate of drug-likeness (QED) is 0.785. The van der Waals surface area contributed by atoms with Gasteiger partial charge in [0.05, 0.1) is 0 Å². The lowest BCUT2D eigenvalue weighted by Crippen LogP contribution is -2.72. The number of benzene rings is 1. The first-order valence-electron chi connectivity index (χ1n) is 10.9. The molecule has 0 aromatic heterocycles. The van der Waals surface area contributed by atoms with Crippen LogP contribution in [0.15, 0.2) is 30.3 Å². The minimum absolute atomic E-state index is 0.198. The first-order chi connectivity index (χ1) is 13.5. The van der Waals surface area contributed by atoms with Gasteiger partial charge in [0.15, 0.2) is 0 Å². The lowest BCUT2D eigenvalue weighted by molar-refractivity contribution is -0.173. The van der Waals surface area contributed by atoms with Crippen LogP contribution >= 0.6 is 0 Å². The van der Waals surface area contributed by atoms with Crippen molar-refractivity contribution >= 4 is 11.8 Å². The molecule has 0 N–H and O–H groups in total. The molecule has 152 valence electrons. The molecule has 3 saturated heterocycles. The van der Waals surface area contributed by atoms with Crippen molar-refractivity contribution in [1.29, 1.82) is 0 Å². The fraction of sp³-hybridized carbons (Fsp3) is 0.652. The number of rotatable bonds is 5. The van der Waals surface area contributed by atoms with Crippen LogP contribution in [0.5, 0.6) is 0 Å². The van der Waals surface area contributed by atoms with Gasteiger partial charge in [-0.3, -0.25) is 9.59 Å².